The molecule has 0 aliphatic heterocycles. The van der Waals surface area contributed by atoms with Crippen molar-refractivity contribution in [3.63, 3.8) is 0 Å². The molecule has 1 aliphatic carbocycles. The zero-order chi connectivity index (χ0) is 10.4. The maximum atomic E-state index is 11.5. The Morgan fingerprint density at radius 1 is 1.57 bits per heavy atom. The second-order valence-electron chi connectivity index (χ2n) is 3.48. The lowest BCUT2D eigenvalue weighted by Crippen LogP contribution is -2.20. The zero-order valence-corrected chi connectivity index (χ0v) is 8.54. The monoisotopic (exact) mass is 217 g/mol. The SMILES string of the molecule is CS(=O)(=O)C1(c2noc(CN)n2)CC1. The van der Waals surface area contributed by atoms with E-state index in [1.54, 1.807) is 0 Å². The molecule has 1 aliphatic rings. The average Bonchev–Trinajstić information content (AvgIpc) is 2.79. The van der Waals surface area contributed by atoms with E-state index in [9.17, 15) is 8.42 Å². The van der Waals surface area contributed by atoms with Gasteiger partial charge in [-0.25, -0.2) is 8.42 Å². The molecule has 1 fully saturated rings. The largest absolute Gasteiger partial charge is 0.338 e. The lowest BCUT2D eigenvalue weighted by molar-refractivity contribution is 0.373. The van der Waals surface area contributed by atoms with Gasteiger partial charge in [0.1, 0.15) is 4.75 Å². The molecule has 1 heterocycles. The van der Waals surface area contributed by atoms with Crippen molar-refractivity contribution < 1.29 is 12.9 Å². The van der Waals surface area contributed by atoms with Gasteiger partial charge in [0.25, 0.3) is 0 Å². The van der Waals surface area contributed by atoms with Crippen LogP contribution in [0.5, 0.6) is 0 Å². The molecule has 1 aromatic heterocycles. The molecule has 1 saturated carbocycles. The molecular weight excluding hydrogens is 206 g/mol. The minimum atomic E-state index is -3.17. The van der Waals surface area contributed by atoms with Crippen LogP contribution in [0.4, 0.5) is 0 Å². The first-order valence-corrected chi connectivity index (χ1v) is 6.11. The summed E-state index contributed by atoms with van der Waals surface area (Å²) in [6, 6.07) is 0. The van der Waals surface area contributed by atoms with Crippen LogP contribution in [0.2, 0.25) is 0 Å². The van der Waals surface area contributed by atoms with Crippen LogP contribution in [0.15, 0.2) is 4.52 Å². The lowest BCUT2D eigenvalue weighted by atomic mass is 10.4. The molecule has 0 bridgehead atoms. The predicted molar refractivity (Wildman–Crippen MR) is 47.9 cm³/mol. The van der Waals surface area contributed by atoms with Crippen molar-refractivity contribution in [1.29, 1.82) is 0 Å². The molecule has 1 aromatic rings. The third-order valence-corrected chi connectivity index (χ3v) is 4.47. The molecule has 14 heavy (non-hydrogen) atoms. The van der Waals surface area contributed by atoms with Crippen LogP contribution >= 0.6 is 0 Å². The normalized spacial score (nSPS) is 19.6. The molecule has 0 atom stereocenters. The smallest absolute Gasteiger partial charge is 0.240 e. The molecule has 6 nitrogen and oxygen atoms in total. The molecule has 2 N–H and O–H groups in total. The highest BCUT2D eigenvalue weighted by atomic mass is 32.2. The van der Waals surface area contributed by atoms with E-state index in [0.717, 1.165) is 0 Å². The molecule has 2 rings (SSSR count). The molecule has 0 unspecified atom stereocenters. The zero-order valence-electron chi connectivity index (χ0n) is 7.73. The number of rotatable bonds is 3. The van der Waals surface area contributed by atoms with Crippen LogP contribution in [0.25, 0.3) is 0 Å². The summed E-state index contributed by atoms with van der Waals surface area (Å²) in [6.07, 6.45) is 2.32. The van der Waals surface area contributed by atoms with E-state index in [1.165, 1.54) is 6.26 Å². The Bertz CT molecular complexity index is 447. The van der Waals surface area contributed by atoms with Crippen LogP contribution < -0.4 is 5.73 Å². The van der Waals surface area contributed by atoms with Crippen molar-refractivity contribution in [3.05, 3.63) is 11.7 Å². The number of hydrogen-bond acceptors (Lipinski definition) is 6. The van der Waals surface area contributed by atoms with Gasteiger partial charge in [-0.15, -0.1) is 0 Å². The first-order chi connectivity index (χ1) is 6.49. The van der Waals surface area contributed by atoms with E-state index in [2.05, 4.69) is 10.1 Å². The number of sulfone groups is 1. The number of hydrogen-bond donors (Lipinski definition) is 1. The van der Waals surface area contributed by atoms with Gasteiger partial charge in [0.05, 0.1) is 6.54 Å². The number of nitrogens with zero attached hydrogens (tertiary/aromatic N) is 2. The van der Waals surface area contributed by atoms with Gasteiger partial charge in [0.2, 0.25) is 5.89 Å². The fourth-order valence-electron chi connectivity index (χ4n) is 1.40. The minimum Gasteiger partial charge on any atom is -0.338 e. The summed E-state index contributed by atoms with van der Waals surface area (Å²) in [6.45, 7) is 0.132. The van der Waals surface area contributed by atoms with E-state index < -0.39 is 14.6 Å². The summed E-state index contributed by atoms with van der Waals surface area (Å²) in [5.74, 6) is 0.523. The highest BCUT2D eigenvalue weighted by Crippen LogP contribution is 2.50. The summed E-state index contributed by atoms with van der Waals surface area (Å²) in [4.78, 5) is 3.95. The van der Waals surface area contributed by atoms with Crippen molar-refractivity contribution in [2.75, 3.05) is 6.26 Å². The first kappa shape index (κ1) is 9.60. The molecule has 7 heteroatoms. The number of nitrogens with two attached hydrogens (primary N) is 1. The van der Waals surface area contributed by atoms with E-state index >= 15 is 0 Å². The summed E-state index contributed by atoms with van der Waals surface area (Å²) in [5.41, 5.74) is 5.29. The minimum absolute atomic E-state index is 0.132. The summed E-state index contributed by atoms with van der Waals surface area (Å²) < 4.78 is 26.8. The maximum Gasteiger partial charge on any atom is 0.240 e. The molecule has 78 valence electrons. The van der Waals surface area contributed by atoms with Crippen molar-refractivity contribution in [1.82, 2.24) is 10.1 Å². The third kappa shape index (κ3) is 1.24. The van der Waals surface area contributed by atoms with Gasteiger partial charge >= 0.3 is 0 Å². The Morgan fingerprint density at radius 3 is 2.57 bits per heavy atom. The Labute approximate surface area is 81.4 Å². The van der Waals surface area contributed by atoms with Crippen LogP contribution in [-0.2, 0) is 21.1 Å². The molecular formula is C7H11N3O3S. The highest BCUT2D eigenvalue weighted by Gasteiger charge is 2.57. The van der Waals surface area contributed by atoms with Crippen LogP contribution in [0.1, 0.15) is 24.6 Å². The standard InChI is InChI=1S/C7H11N3O3S/c1-14(11,12)7(2-3-7)6-9-5(4-8)13-10-6/h2-4,8H2,1H3. The van der Waals surface area contributed by atoms with Crippen LogP contribution in [0.3, 0.4) is 0 Å². The van der Waals surface area contributed by atoms with E-state index in [0.29, 0.717) is 12.8 Å². The van der Waals surface area contributed by atoms with Gasteiger partial charge in [0, 0.05) is 6.26 Å². The van der Waals surface area contributed by atoms with Gasteiger partial charge < -0.3 is 10.3 Å². The Morgan fingerprint density at radius 2 is 2.21 bits per heavy atom. The van der Waals surface area contributed by atoms with Crippen LogP contribution in [0, 0.1) is 0 Å². The average molecular weight is 217 g/mol. The predicted octanol–water partition coefficient (Wildman–Crippen LogP) is -0.438. The summed E-state index contributed by atoms with van der Waals surface area (Å²) in [5, 5.41) is 3.64. The van der Waals surface area contributed by atoms with E-state index in [-0.39, 0.29) is 18.3 Å². The maximum absolute atomic E-state index is 11.5. The van der Waals surface area contributed by atoms with Crippen molar-refractivity contribution in [3.8, 4) is 0 Å². The van der Waals surface area contributed by atoms with Gasteiger partial charge in [0.15, 0.2) is 15.7 Å². The van der Waals surface area contributed by atoms with Crippen LogP contribution in [-0.4, -0.2) is 24.8 Å². The van der Waals surface area contributed by atoms with Crippen molar-refractivity contribution in [2.24, 2.45) is 5.73 Å². The fourth-order valence-corrected chi connectivity index (χ4v) is 2.65. The Hall–Kier alpha value is -0.950. The molecule has 0 saturated heterocycles. The van der Waals surface area contributed by atoms with E-state index in [4.69, 9.17) is 10.3 Å². The quantitative estimate of drug-likeness (QED) is 0.737. The molecule has 0 radical (unpaired) electrons. The first-order valence-electron chi connectivity index (χ1n) is 4.22. The molecule has 0 spiro atoms. The van der Waals surface area contributed by atoms with Gasteiger partial charge in [-0.2, -0.15) is 4.98 Å². The second kappa shape index (κ2) is 2.77. The third-order valence-electron chi connectivity index (χ3n) is 2.46. The van der Waals surface area contributed by atoms with Gasteiger partial charge in [-0.1, -0.05) is 5.16 Å². The van der Waals surface area contributed by atoms with Crippen molar-refractivity contribution in [2.45, 2.75) is 24.1 Å². The highest BCUT2D eigenvalue weighted by molar-refractivity contribution is 7.91. The summed E-state index contributed by atoms with van der Waals surface area (Å²) >= 11 is 0. The second-order valence-corrected chi connectivity index (χ2v) is 5.81. The molecule has 0 aromatic carbocycles. The van der Waals surface area contributed by atoms with Crippen molar-refractivity contribution >= 4 is 9.84 Å². The lowest BCUT2D eigenvalue weighted by Gasteiger charge is -2.05. The van der Waals surface area contributed by atoms with E-state index in [1.807, 2.05) is 0 Å². The Balaban J connectivity index is 2.41. The molecule has 0 amide bonds. The van der Waals surface area contributed by atoms with Gasteiger partial charge in [-0.3, -0.25) is 0 Å². The number of aromatic nitrogens is 2. The summed E-state index contributed by atoms with van der Waals surface area (Å²) in [7, 11) is -3.17. The topological polar surface area (TPSA) is 99.1 Å². The fraction of sp³-hybridized carbons (Fsp3) is 0.714. The Kier molecular flexibility index (Phi) is 1.90. The van der Waals surface area contributed by atoms with Gasteiger partial charge in [-0.05, 0) is 12.8 Å².